The van der Waals surface area contributed by atoms with Gasteiger partial charge in [0, 0.05) is 5.56 Å². The molecule has 2 rings (SSSR count). The molecule has 0 atom stereocenters. The van der Waals surface area contributed by atoms with E-state index in [1.54, 1.807) is 6.20 Å². The predicted octanol–water partition coefficient (Wildman–Crippen LogP) is 2.15. The Morgan fingerprint density at radius 1 is 1.25 bits per heavy atom. The van der Waals surface area contributed by atoms with E-state index >= 15 is 0 Å². The van der Waals surface area contributed by atoms with Crippen LogP contribution in [0.2, 0.25) is 0 Å². The quantitative estimate of drug-likeness (QED) is 0.633. The second-order valence-electron chi connectivity index (χ2n) is 3.31. The molecule has 2 aromatic rings. The molecule has 4 heteroatoms. The van der Waals surface area contributed by atoms with Crippen LogP contribution < -0.4 is 9.30 Å². The molecule has 0 aliphatic carbocycles. The molecule has 0 aliphatic rings. The third-order valence-electron chi connectivity index (χ3n) is 2.15. The van der Waals surface area contributed by atoms with E-state index < -0.39 is 0 Å². The van der Waals surface area contributed by atoms with Crippen molar-refractivity contribution in [3.8, 4) is 5.88 Å². The first-order valence-electron chi connectivity index (χ1n) is 4.96. The molecule has 1 aromatic heterocycles. The Morgan fingerprint density at radius 2 is 2.06 bits per heavy atom. The Morgan fingerprint density at radius 3 is 2.81 bits per heavy atom. The Bertz CT molecular complexity index is 448. The first-order chi connectivity index (χ1) is 7.88. The number of hydrogen-bond donors (Lipinski definition) is 0. The number of ether oxygens (including phenoxy) is 1. The highest BCUT2D eigenvalue weighted by Crippen LogP contribution is 2.03. The largest absolute Gasteiger partial charge is 0.462 e. The van der Waals surface area contributed by atoms with Gasteiger partial charge in [0.15, 0.2) is 12.7 Å². The molecule has 1 aromatic carbocycles. The maximum atomic E-state index is 5.27. The van der Waals surface area contributed by atoms with Gasteiger partial charge in [-0.2, -0.15) is 4.57 Å². The van der Waals surface area contributed by atoms with Crippen LogP contribution in [0.15, 0.2) is 48.9 Å². The molecule has 0 saturated carbocycles. The summed E-state index contributed by atoms with van der Waals surface area (Å²) < 4.78 is 7.31. The van der Waals surface area contributed by atoms with Gasteiger partial charge in [-0.05, 0) is 15.9 Å². The van der Waals surface area contributed by atoms with E-state index in [4.69, 9.17) is 4.74 Å². The number of alkyl halides is 1. The normalized spacial score (nSPS) is 10.1. The predicted molar refractivity (Wildman–Crippen MR) is 64.4 cm³/mol. The molecule has 0 fully saturated rings. The van der Waals surface area contributed by atoms with Crippen LogP contribution in [0.4, 0.5) is 0 Å². The van der Waals surface area contributed by atoms with Gasteiger partial charge in [0.25, 0.3) is 5.88 Å². The van der Waals surface area contributed by atoms with Crippen molar-refractivity contribution < 1.29 is 9.30 Å². The van der Waals surface area contributed by atoms with E-state index in [0.717, 1.165) is 6.54 Å². The standard InChI is InChI=1S/C12H12BrN2O/c13-10-16-12-9-15(7-6-14-12)8-11-4-2-1-3-5-11/h1-7,9H,8,10H2/q+1. The van der Waals surface area contributed by atoms with Crippen LogP contribution in [0, 0.1) is 0 Å². The molecule has 0 spiro atoms. The number of rotatable bonds is 4. The summed E-state index contributed by atoms with van der Waals surface area (Å²) in [5, 5.41) is 0. The molecule has 82 valence electrons. The maximum absolute atomic E-state index is 5.27. The van der Waals surface area contributed by atoms with E-state index in [-0.39, 0.29) is 0 Å². The molecular formula is C12H12BrN2O+. The van der Waals surface area contributed by atoms with E-state index in [0.29, 0.717) is 11.4 Å². The molecule has 1 heterocycles. The molecular weight excluding hydrogens is 268 g/mol. The van der Waals surface area contributed by atoms with Gasteiger partial charge in [-0.15, -0.1) is 0 Å². The Labute approximate surface area is 103 Å². The summed E-state index contributed by atoms with van der Waals surface area (Å²) in [6.07, 6.45) is 5.54. The van der Waals surface area contributed by atoms with E-state index in [2.05, 4.69) is 33.0 Å². The van der Waals surface area contributed by atoms with E-state index in [1.807, 2.05) is 35.2 Å². The van der Waals surface area contributed by atoms with Crippen LogP contribution in [0.1, 0.15) is 5.56 Å². The van der Waals surface area contributed by atoms with Crippen molar-refractivity contribution in [2.24, 2.45) is 0 Å². The molecule has 0 N–H and O–H groups in total. The lowest BCUT2D eigenvalue weighted by Gasteiger charge is -2.00. The van der Waals surface area contributed by atoms with Crippen molar-refractivity contribution in [3.05, 3.63) is 54.5 Å². The van der Waals surface area contributed by atoms with Crippen molar-refractivity contribution in [1.29, 1.82) is 0 Å². The lowest BCUT2D eigenvalue weighted by molar-refractivity contribution is -0.689. The second-order valence-corrected chi connectivity index (χ2v) is 3.76. The number of benzene rings is 1. The summed E-state index contributed by atoms with van der Waals surface area (Å²) in [6, 6.07) is 10.3. The molecule has 0 unspecified atom stereocenters. The lowest BCUT2D eigenvalue weighted by atomic mass is 10.2. The Balaban J connectivity index is 2.12. The minimum Gasteiger partial charge on any atom is -0.462 e. The second kappa shape index (κ2) is 5.61. The average molecular weight is 280 g/mol. The molecule has 0 bridgehead atoms. The summed E-state index contributed by atoms with van der Waals surface area (Å²) in [5.41, 5.74) is 1.71. The van der Waals surface area contributed by atoms with Crippen molar-refractivity contribution >= 4 is 15.9 Å². The van der Waals surface area contributed by atoms with Gasteiger partial charge in [-0.25, -0.2) is 4.98 Å². The average Bonchev–Trinajstić information content (AvgIpc) is 2.31. The zero-order valence-corrected chi connectivity index (χ0v) is 10.3. The first kappa shape index (κ1) is 11.1. The number of hydrogen-bond acceptors (Lipinski definition) is 2. The third-order valence-corrected chi connectivity index (χ3v) is 2.38. The minimum atomic E-state index is 0.454. The van der Waals surface area contributed by atoms with Gasteiger partial charge in [0.05, 0.1) is 6.20 Å². The zero-order chi connectivity index (χ0) is 11.2. The summed E-state index contributed by atoms with van der Waals surface area (Å²) in [5.74, 6) is 0.621. The third kappa shape index (κ3) is 3.03. The van der Waals surface area contributed by atoms with E-state index in [9.17, 15) is 0 Å². The van der Waals surface area contributed by atoms with Gasteiger partial charge in [0.1, 0.15) is 5.52 Å². The van der Waals surface area contributed by atoms with Crippen LogP contribution in [-0.4, -0.2) is 10.5 Å². The number of halogens is 1. The number of aromatic nitrogens is 2. The maximum Gasteiger partial charge on any atom is 0.280 e. The van der Waals surface area contributed by atoms with E-state index in [1.165, 1.54) is 5.56 Å². The van der Waals surface area contributed by atoms with Crippen LogP contribution in [-0.2, 0) is 6.54 Å². The van der Waals surface area contributed by atoms with Gasteiger partial charge >= 0.3 is 0 Å². The van der Waals surface area contributed by atoms with Crippen molar-refractivity contribution in [3.63, 3.8) is 0 Å². The monoisotopic (exact) mass is 279 g/mol. The Hall–Kier alpha value is -1.42. The highest BCUT2D eigenvalue weighted by atomic mass is 79.9. The van der Waals surface area contributed by atoms with Gasteiger partial charge in [0.2, 0.25) is 6.20 Å². The van der Waals surface area contributed by atoms with Crippen molar-refractivity contribution in [2.75, 3.05) is 5.52 Å². The highest BCUT2D eigenvalue weighted by Gasteiger charge is 2.05. The Kier molecular flexibility index (Phi) is 3.88. The van der Waals surface area contributed by atoms with Crippen LogP contribution >= 0.6 is 15.9 Å². The van der Waals surface area contributed by atoms with Gasteiger partial charge < -0.3 is 4.74 Å². The van der Waals surface area contributed by atoms with Gasteiger partial charge in [-0.3, -0.25) is 0 Å². The molecule has 0 saturated heterocycles. The zero-order valence-electron chi connectivity index (χ0n) is 8.71. The summed E-state index contributed by atoms with van der Waals surface area (Å²) in [4.78, 5) is 4.10. The molecule has 0 amide bonds. The molecule has 0 radical (unpaired) electrons. The fraction of sp³-hybridized carbons (Fsp3) is 0.167. The first-order valence-corrected chi connectivity index (χ1v) is 6.08. The van der Waals surface area contributed by atoms with Crippen LogP contribution in [0.25, 0.3) is 0 Å². The van der Waals surface area contributed by atoms with Crippen LogP contribution in [0.5, 0.6) is 5.88 Å². The molecule has 0 aliphatic heterocycles. The number of nitrogens with zero attached hydrogens (tertiary/aromatic N) is 2. The van der Waals surface area contributed by atoms with Crippen LogP contribution in [0.3, 0.4) is 0 Å². The lowest BCUT2D eigenvalue weighted by Crippen LogP contribution is -2.33. The minimum absolute atomic E-state index is 0.454. The smallest absolute Gasteiger partial charge is 0.280 e. The molecule has 3 nitrogen and oxygen atoms in total. The molecule has 16 heavy (non-hydrogen) atoms. The highest BCUT2D eigenvalue weighted by molar-refractivity contribution is 9.09. The summed E-state index contributed by atoms with van der Waals surface area (Å²) in [7, 11) is 0. The fourth-order valence-corrected chi connectivity index (χ4v) is 1.67. The summed E-state index contributed by atoms with van der Waals surface area (Å²) >= 11 is 3.21. The van der Waals surface area contributed by atoms with Crippen molar-refractivity contribution in [1.82, 2.24) is 4.98 Å². The topological polar surface area (TPSA) is 26.0 Å². The summed E-state index contributed by atoms with van der Waals surface area (Å²) in [6.45, 7) is 0.821. The van der Waals surface area contributed by atoms with Crippen molar-refractivity contribution in [2.45, 2.75) is 6.54 Å². The SMILES string of the molecule is BrCOc1c[n+](Cc2ccccc2)ccn1. The fourth-order valence-electron chi connectivity index (χ4n) is 1.43. The van der Waals surface area contributed by atoms with Gasteiger partial charge in [-0.1, -0.05) is 30.3 Å².